The number of piperidine rings is 1. The Morgan fingerprint density at radius 2 is 2.08 bits per heavy atom. The molecule has 2 N–H and O–H groups in total. The topological polar surface area (TPSA) is 65.7 Å². The van der Waals surface area contributed by atoms with Gasteiger partial charge in [-0.2, -0.15) is 0 Å². The van der Waals surface area contributed by atoms with Crippen molar-refractivity contribution >= 4 is 5.91 Å². The summed E-state index contributed by atoms with van der Waals surface area (Å²) >= 11 is 0. The van der Waals surface area contributed by atoms with Crippen LogP contribution in [0.5, 0.6) is 0 Å². The molecule has 5 heteroatoms. The van der Waals surface area contributed by atoms with Gasteiger partial charge in [0.2, 0.25) is 0 Å². The molecule has 0 spiro atoms. The van der Waals surface area contributed by atoms with E-state index in [0.29, 0.717) is 12.1 Å². The van der Waals surface area contributed by atoms with Gasteiger partial charge in [0, 0.05) is 25.7 Å². The average Bonchev–Trinajstić information content (AvgIpc) is 3.13. The molecule has 134 valence electrons. The van der Waals surface area contributed by atoms with Crippen molar-refractivity contribution in [3.63, 3.8) is 0 Å². The second-order valence-corrected chi connectivity index (χ2v) is 6.94. The number of hydrogen-bond donors (Lipinski definition) is 2. The number of likely N-dealkylation sites (tertiary alicyclic amines) is 1. The standard InChI is InChI=1S/C20H26N2O3/c1-14-3-4-15(2)18(11-14)19(23)12-22-8-5-17(6-9-22)21-20(24)16-7-10-25-13-16/h3-4,7,10-11,13,17,19,23H,5-6,8-9,12H2,1-2H3,(H,21,24)/t19-/m0/s1. The Labute approximate surface area is 148 Å². The summed E-state index contributed by atoms with van der Waals surface area (Å²) in [7, 11) is 0. The van der Waals surface area contributed by atoms with E-state index in [2.05, 4.69) is 28.4 Å². The van der Waals surface area contributed by atoms with Gasteiger partial charge >= 0.3 is 0 Å². The molecule has 1 amide bonds. The third-order valence-electron chi connectivity index (χ3n) is 4.93. The van der Waals surface area contributed by atoms with Crippen LogP contribution < -0.4 is 5.32 Å². The molecular formula is C20H26N2O3. The number of aryl methyl sites for hydroxylation is 2. The average molecular weight is 342 g/mol. The van der Waals surface area contributed by atoms with E-state index in [1.807, 2.05) is 13.8 Å². The van der Waals surface area contributed by atoms with Gasteiger partial charge in [-0.05, 0) is 43.9 Å². The van der Waals surface area contributed by atoms with Gasteiger partial charge in [-0.1, -0.05) is 23.8 Å². The lowest BCUT2D eigenvalue weighted by Gasteiger charge is -2.33. The fraction of sp³-hybridized carbons (Fsp3) is 0.450. The maximum Gasteiger partial charge on any atom is 0.254 e. The van der Waals surface area contributed by atoms with Gasteiger partial charge in [-0.25, -0.2) is 0 Å². The fourth-order valence-electron chi connectivity index (χ4n) is 3.38. The number of aliphatic hydroxyl groups is 1. The van der Waals surface area contributed by atoms with Crippen molar-refractivity contribution in [3.05, 3.63) is 59.0 Å². The molecule has 3 rings (SSSR count). The normalized spacial score (nSPS) is 17.4. The molecule has 1 atom stereocenters. The third kappa shape index (κ3) is 4.50. The number of amides is 1. The number of furan rings is 1. The Morgan fingerprint density at radius 1 is 1.32 bits per heavy atom. The first-order valence-electron chi connectivity index (χ1n) is 8.83. The number of nitrogens with one attached hydrogen (secondary N) is 1. The minimum absolute atomic E-state index is 0.0809. The molecule has 1 fully saturated rings. The molecule has 1 aromatic heterocycles. The zero-order valence-electron chi connectivity index (χ0n) is 14.9. The zero-order valence-corrected chi connectivity index (χ0v) is 14.9. The first kappa shape index (κ1) is 17.7. The SMILES string of the molecule is Cc1ccc(C)c([C@@H](O)CN2CCC(NC(=O)c3ccoc3)CC2)c1. The second kappa shape index (κ2) is 7.85. The summed E-state index contributed by atoms with van der Waals surface area (Å²) in [5.41, 5.74) is 3.86. The maximum atomic E-state index is 12.1. The highest BCUT2D eigenvalue weighted by molar-refractivity contribution is 5.93. The minimum Gasteiger partial charge on any atom is -0.472 e. The lowest BCUT2D eigenvalue weighted by atomic mass is 9.99. The molecule has 25 heavy (non-hydrogen) atoms. The number of β-amino-alcohol motifs (C(OH)–C–C–N with tert-alkyl or cyclic N) is 1. The number of rotatable bonds is 5. The lowest BCUT2D eigenvalue weighted by molar-refractivity contribution is 0.0826. The fourth-order valence-corrected chi connectivity index (χ4v) is 3.38. The summed E-state index contributed by atoms with van der Waals surface area (Å²) in [5, 5.41) is 13.6. The molecule has 1 aliphatic rings. The van der Waals surface area contributed by atoms with Gasteiger partial charge in [-0.3, -0.25) is 4.79 Å². The van der Waals surface area contributed by atoms with Crippen molar-refractivity contribution in [2.45, 2.75) is 38.8 Å². The molecule has 0 unspecified atom stereocenters. The Balaban J connectivity index is 1.49. The molecule has 2 heterocycles. The molecule has 0 bridgehead atoms. The molecule has 2 aromatic rings. The van der Waals surface area contributed by atoms with Crippen LogP contribution in [0.3, 0.4) is 0 Å². The lowest BCUT2D eigenvalue weighted by Crippen LogP contribution is -2.45. The van der Waals surface area contributed by atoms with E-state index in [1.165, 1.54) is 18.1 Å². The first-order chi connectivity index (χ1) is 12.0. The Bertz CT molecular complexity index is 704. The number of carbonyl (C=O) groups is 1. The van der Waals surface area contributed by atoms with Crippen LogP contribution in [0.15, 0.2) is 41.2 Å². The maximum absolute atomic E-state index is 12.1. The number of nitrogens with zero attached hydrogens (tertiary/aromatic N) is 1. The van der Waals surface area contributed by atoms with Crippen LogP contribution in [0.4, 0.5) is 0 Å². The van der Waals surface area contributed by atoms with E-state index in [0.717, 1.165) is 37.1 Å². The van der Waals surface area contributed by atoms with Crippen LogP contribution in [0.1, 0.15) is 46.0 Å². The van der Waals surface area contributed by atoms with Crippen molar-refractivity contribution in [2.24, 2.45) is 0 Å². The summed E-state index contributed by atoms with van der Waals surface area (Å²) in [6.45, 7) is 6.46. The summed E-state index contributed by atoms with van der Waals surface area (Å²) in [6, 6.07) is 8.05. The van der Waals surface area contributed by atoms with E-state index in [4.69, 9.17) is 4.42 Å². The molecule has 5 nitrogen and oxygen atoms in total. The molecule has 0 radical (unpaired) electrons. The van der Waals surface area contributed by atoms with Crippen molar-refractivity contribution in [3.8, 4) is 0 Å². The van der Waals surface area contributed by atoms with Crippen molar-refractivity contribution in [2.75, 3.05) is 19.6 Å². The highest BCUT2D eigenvalue weighted by Gasteiger charge is 2.23. The third-order valence-corrected chi connectivity index (χ3v) is 4.93. The Kier molecular flexibility index (Phi) is 5.56. The molecular weight excluding hydrogens is 316 g/mol. The molecule has 1 saturated heterocycles. The van der Waals surface area contributed by atoms with Gasteiger partial charge in [0.05, 0.1) is 17.9 Å². The van der Waals surface area contributed by atoms with E-state index < -0.39 is 6.10 Å². The molecule has 0 saturated carbocycles. The van der Waals surface area contributed by atoms with Gasteiger partial charge in [-0.15, -0.1) is 0 Å². The van der Waals surface area contributed by atoms with Crippen molar-refractivity contribution in [1.82, 2.24) is 10.2 Å². The molecule has 1 aliphatic heterocycles. The monoisotopic (exact) mass is 342 g/mol. The number of hydrogen-bond acceptors (Lipinski definition) is 4. The molecule has 0 aliphatic carbocycles. The first-order valence-corrected chi connectivity index (χ1v) is 8.83. The van der Waals surface area contributed by atoms with Gasteiger partial charge < -0.3 is 19.7 Å². The van der Waals surface area contributed by atoms with Crippen LogP contribution >= 0.6 is 0 Å². The van der Waals surface area contributed by atoms with Crippen molar-refractivity contribution in [1.29, 1.82) is 0 Å². The van der Waals surface area contributed by atoms with Crippen LogP contribution in [0.2, 0.25) is 0 Å². The smallest absolute Gasteiger partial charge is 0.254 e. The number of carbonyl (C=O) groups excluding carboxylic acids is 1. The molecule has 1 aromatic carbocycles. The van der Waals surface area contributed by atoms with Gasteiger partial charge in [0.25, 0.3) is 5.91 Å². The van der Waals surface area contributed by atoms with E-state index >= 15 is 0 Å². The van der Waals surface area contributed by atoms with Gasteiger partial charge in [0.1, 0.15) is 6.26 Å². The van der Waals surface area contributed by atoms with Crippen molar-refractivity contribution < 1.29 is 14.3 Å². The highest BCUT2D eigenvalue weighted by Crippen LogP contribution is 2.22. The van der Waals surface area contributed by atoms with Gasteiger partial charge in [0.15, 0.2) is 0 Å². The summed E-state index contributed by atoms with van der Waals surface area (Å²) in [4.78, 5) is 14.3. The van der Waals surface area contributed by atoms with E-state index in [9.17, 15) is 9.90 Å². The van der Waals surface area contributed by atoms with Crippen LogP contribution in [-0.4, -0.2) is 41.6 Å². The van der Waals surface area contributed by atoms with Crippen LogP contribution in [-0.2, 0) is 0 Å². The van der Waals surface area contributed by atoms with Crippen LogP contribution in [0, 0.1) is 13.8 Å². The minimum atomic E-state index is -0.475. The summed E-state index contributed by atoms with van der Waals surface area (Å²) < 4.78 is 4.95. The van der Waals surface area contributed by atoms with Crippen LogP contribution in [0.25, 0.3) is 0 Å². The summed E-state index contributed by atoms with van der Waals surface area (Å²) in [5.74, 6) is -0.0809. The predicted octanol–water partition coefficient (Wildman–Crippen LogP) is 2.82. The number of benzene rings is 1. The highest BCUT2D eigenvalue weighted by atomic mass is 16.3. The largest absolute Gasteiger partial charge is 0.472 e. The zero-order chi connectivity index (χ0) is 17.8. The van der Waals surface area contributed by atoms with E-state index in [1.54, 1.807) is 6.07 Å². The van der Waals surface area contributed by atoms with E-state index in [-0.39, 0.29) is 11.9 Å². The Hall–Kier alpha value is -2.11. The Morgan fingerprint density at radius 3 is 2.76 bits per heavy atom. The number of aliphatic hydroxyl groups excluding tert-OH is 1. The predicted molar refractivity (Wildman–Crippen MR) is 96.5 cm³/mol. The second-order valence-electron chi connectivity index (χ2n) is 6.94. The summed E-state index contributed by atoms with van der Waals surface area (Å²) in [6.07, 6.45) is 4.28. The quantitative estimate of drug-likeness (QED) is 0.877.